The van der Waals surface area contributed by atoms with Gasteiger partial charge in [0.1, 0.15) is 0 Å². The first-order valence-corrected chi connectivity index (χ1v) is 9.25. The second kappa shape index (κ2) is 6.98. The van der Waals surface area contributed by atoms with Gasteiger partial charge >= 0.3 is 0 Å². The second-order valence-electron chi connectivity index (χ2n) is 6.00. The molecular formula is C23H17NOS. The minimum Gasteiger partial charge on any atom is -0.397 e. The van der Waals surface area contributed by atoms with E-state index in [9.17, 15) is 4.79 Å². The van der Waals surface area contributed by atoms with Gasteiger partial charge in [0, 0.05) is 16.5 Å². The number of hydrogen-bond donors (Lipinski definition) is 1. The van der Waals surface area contributed by atoms with Crippen molar-refractivity contribution in [3.8, 4) is 22.3 Å². The van der Waals surface area contributed by atoms with Crippen molar-refractivity contribution in [3.05, 3.63) is 101 Å². The summed E-state index contributed by atoms with van der Waals surface area (Å²) in [6.07, 6.45) is 0. The molecule has 26 heavy (non-hydrogen) atoms. The van der Waals surface area contributed by atoms with Crippen LogP contribution in [0.2, 0.25) is 0 Å². The minimum atomic E-state index is -0.0332. The van der Waals surface area contributed by atoms with Crippen LogP contribution in [0, 0.1) is 0 Å². The molecule has 0 amide bonds. The fourth-order valence-corrected chi connectivity index (χ4v) is 4.01. The van der Waals surface area contributed by atoms with Crippen LogP contribution in [0.3, 0.4) is 0 Å². The van der Waals surface area contributed by atoms with E-state index in [-0.39, 0.29) is 5.78 Å². The maximum atomic E-state index is 13.2. The summed E-state index contributed by atoms with van der Waals surface area (Å²) in [5.41, 5.74) is 11.5. The average Bonchev–Trinajstić information content (AvgIpc) is 3.10. The molecule has 4 rings (SSSR count). The lowest BCUT2D eigenvalue weighted by molar-refractivity contribution is 0.104. The van der Waals surface area contributed by atoms with E-state index in [1.807, 2.05) is 90.3 Å². The van der Waals surface area contributed by atoms with E-state index in [2.05, 4.69) is 0 Å². The van der Waals surface area contributed by atoms with Crippen LogP contribution in [0.15, 0.2) is 90.3 Å². The molecule has 3 heteroatoms. The largest absolute Gasteiger partial charge is 0.397 e. The van der Waals surface area contributed by atoms with E-state index in [1.54, 1.807) is 0 Å². The number of rotatable bonds is 4. The molecular weight excluding hydrogens is 338 g/mol. The van der Waals surface area contributed by atoms with Crippen molar-refractivity contribution in [2.24, 2.45) is 0 Å². The Labute approximate surface area is 156 Å². The number of hydrogen-bond acceptors (Lipinski definition) is 3. The van der Waals surface area contributed by atoms with E-state index < -0.39 is 0 Å². The van der Waals surface area contributed by atoms with Gasteiger partial charge in [-0.3, -0.25) is 4.79 Å². The monoisotopic (exact) mass is 355 g/mol. The SMILES string of the molecule is Nc1c(-c2ccccc2)csc1C(=O)c1ccccc1-c1ccccc1. The Morgan fingerprint density at radius 1 is 0.692 bits per heavy atom. The summed E-state index contributed by atoms with van der Waals surface area (Å²) >= 11 is 1.40. The molecule has 1 aromatic heterocycles. The highest BCUT2D eigenvalue weighted by atomic mass is 32.1. The van der Waals surface area contributed by atoms with Gasteiger partial charge in [-0.05, 0) is 16.7 Å². The molecule has 0 saturated heterocycles. The van der Waals surface area contributed by atoms with Crippen molar-refractivity contribution in [2.75, 3.05) is 5.73 Å². The first kappa shape index (κ1) is 16.3. The number of thiophene rings is 1. The molecule has 0 spiro atoms. The summed E-state index contributed by atoms with van der Waals surface area (Å²) in [6, 6.07) is 27.5. The predicted molar refractivity (Wildman–Crippen MR) is 109 cm³/mol. The van der Waals surface area contributed by atoms with Gasteiger partial charge in [-0.1, -0.05) is 84.9 Å². The van der Waals surface area contributed by atoms with Crippen LogP contribution in [0.4, 0.5) is 5.69 Å². The number of carbonyl (C=O) groups is 1. The summed E-state index contributed by atoms with van der Waals surface area (Å²) in [7, 11) is 0. The molecule has 126 valence electrons. The fourth-order valence-electron chi connectivity index (χ4n) is 3.06. The van der Waals surface area contributed by atoms with E-state index in [4.69, 9.17) is 5.73 Å². The van der Waals surface area contributed by atoms with Gasteiger partial charge in [-0.15, -0.1) is 11.3 Å². The third-order valence-corrected chi connectivity index (χ3v) is 5.37. The maximum Gasteiger partial charge on any atom is 0.205 e. The lowest BCUT2D eigenvalue weighted by Crippen LogP contribution is -2.04. The van der Waals surface area contributed by atoms with Crippen molar-refractivity contribution in [1.29, 1.82) is 0 Å². The Morgan fingerprint density at radius 2 is 1.23 bits per heavy atom. The Kier molecular flexibility index (Phi) is 4.38. The Hall–Kier alpha value is -3.17. The number of anilines is 1. The highest BCUT2D eigenvalue weighted by molar-refractivity contribution is 7.13. The van der Waals surface area contributed by atoms with Gasteiger partial charge in [-0.2, -0.15) is 0 Å². The topological polar surface area (TPSA) is 43.1 Å². The zero-order chi connectivity index (χ0) is 17.9. The molecule has 1 heterocycles. The molecule has 4 aromatic rings. The van der Waals surface area contributed by atoms with Crippen molar-refractivity contribution in [3.63, 3.8) is 0 Å². The van der Waals surface area contributed by atoms with E-state index in [1.165, 1.54) is 11.3 Å². The standard InChI is InChI=1S/C23H17NOS/c24-21-20(17-11-5-2-6-12-17)15-26-23(21)22(25)19-14-8-7-13-18(19)16-9-3-1-4-10-16/h1-15H,24H2. The Balaban J connectivity index is 1.78. The lowest BCUT2D eigenvalue weighted by atomic mass is 9.95. The maximum absolute atomic E-state index is 13.2. The molecule has 0 unspecified atom stereocenters. The highest BCUT2D eigenvalue weighted by Crippen LogP contribution is 2.36. The Morgan fingerprint density at radius 3 is 1.88 bits per heavy atom. The molecule has 0 radical (unpaired) electrons. The van der Waals surface area contributed by atoms with E-state index >= 15 is 0 Å². The number of nitrogen functional groups attached to an aromatic ring is 1. The molecule has 2 nitrogen and oxygen atoms in total. The van der Waals surface area contributed by atoms with E-state index in [0.29, 0.717) is 16.1 Å². The van der Waals surface area contributed by atoms with Crippen LogP contribution in [-0.4, -0.2) is 5.78 Å². The summed E-state index contributed by atoms with van der Waals surface area (Å²) in [5, 5.41) is 1.96. The van der Waals surface area contributed by atoms with Crippen LogP contribution in [0.1, 0.15) is 15.2 Å². The number of carbonyl (C=O) groups excluding carboxylic acids is 1. The van der Waals surface area contributed by atoms with Crippen LogP contribution in [0.25, 0.3) is 22.3 Å². The summed E-state index contributed by atoms with van der Waals surface area (Å²) < 4.78 is 0. The number of benzene rings is 3. The van der Waals surface area contributed by atoms with Crippen LogP contribution in [0.5, 0.6) is 0 Å². The summed E-state index contributed by atoms with van der Waals surface area (Å²) in [5.74, 6) is -0.0332. The molecule has 0 saturated carbocycles. The fraction of sp³-hybridized carbons (Fsp3) is 0. The van der Waals surface area contributed by atoms with Crippen molar-refractivity contribution >= 4 is 22.8 Å². The highest BCUT2D eigenvalue weighted by Gasteiger charge is 2.20. The predicted octanol–water partition coefficient (Wildman–Crippen LogP) is 5.90. The average molecular weight is 355 g/mol. The van der Waals surface area contributed by atoms with Crippen molar-refractivity contribution < 1.29 is 4.79 Å². The molecule has 0 fully saturated rings. The molecule has 2 N–H and O–H groups in total. The quantitative estimate of drug-likeness (QED) is 0.463. The molecule has 0 atom stereocenters. The number of ketones is 1. The third kappa shape index (κ3) is 2.93. The third-order valence-electron chi connectivity index (χ3n) is 4.38. The van der Waals surface area contributed by atoms with Gasteiger partial charge in [-0.25, -0.2) is 0 Å². The van der Waals surface area contributed by atoms with Gasteiger partial charge < -0.3 is 5.73 Å². The first-order chi connectivity index (χ1) is 12.8. The van der Waals surface area contributed by atoms with Crippen LogP contribution < -0.4 is 5.73 Å². The van der Waals surface area contributed by atoms with Crippen molar-refractivity contribution in [1.82, 2.24) is 0 Å². The molecule has 0 bridgehead atoms. The lowest BCUT2D eigenvalue weighted by Gasteiger charge is -2.09. The minimum absolute atomic E-state index is 0.0332. The van der Waals surface area contributed by atoms with Gasteiger partial charge in [0.15, 0.2) is 0 Å². The summed E-state index contributed by atoms with van der Waals surface area (Å²) in [4.78, 5) is 13.8. The van der Waals surface area contributed by atoms with Gasteiger partial charge in [0.05, 0.1) is 10.6 Å². The van der Waals surface area contributed by atoms with E-state index in [0.717, 1.165) is 22.3 Å². The zero-order valence-electron chi connectivity index (χ0n) is 14.1. The molecule has 3 aromatic carbocycles. The van der Waals surface area contributed by atoms with Crippen molar-refractivity contribution in [2.45, 2.75) is 0 Å². The zero-order valence-corrected chi connectivity index (χ0v) is 14.9. The first-order valence-electron chi connectivity index (χ1n) is 8.37. The Bertz CT molecular complexity index is 1050. The normalized spacial score (nSPS) is 10.6. The van der Waals surface area contributed by atoms with Gasteiger partial charge in [0.2, 0.25) is 5.78 Å². The second-order valence-corrected chi connectivity index (χ2v) is 6.88. The molecule has 0 aliphatic rings. The smallest absolute Gasteiger partial charge is 0.205 e. The molecule has 0 aliphatic carbocycles. The van der Waals surface area contributed by atoms with Crippen LogP contribution in [-0.2, 0) is 0 Å². The van der Waals surface area contributed by atoms with Crippen LogP contribution >= 0.6 is 11.3 Å². The summed E-state index contributed by atoms with van der Waals surface area (Å²) in [6.45, 7) is 0. The molecule has 0 aliphatic heterocycles. The number of nitrogens with two attached hydrogens (primary N) is 1. The van der Waals surface area contributed by atoms with Gasteiger partial charge in [0.25, 0.3) is 0 Å².